The molecule has 0 aromatic heterocycles. The second kappa shape index (κ2) is 8.23. The molecule has 1 aliphatic heterocycles. The highest BCUT2D eigenvalue weighted by Crippen LogP contribution is 2.25. The standard InChI is InChI=1S/C19H27NO5/c1-5-23-17(21)16-12-11-15(24-14-9-7-6-8-10-14)13-20(16)18(22)25-19(2,3)4/h6-10,15-16H,5,11-13H2,1-4H3/t15?,16-/m0/s1. The van der Waals surface area contributed by atoms with Crippen molar-refractivity contribution in [1.29, 1.82) is 0 Å². The predicted molar refractivity (Wildman–Crippen MR) is 93.5 cm³/mol. The summed E-state index contributed by atoms with van der Waals surface area (Å²) in [5.41, 5.74) is -0.635. The van der Waals surface area contributed by atoms with Crippen molar-refractivity contribution in [1.82, 2.24) is 4.90 Å². The van der Waals surface area contributed by atoms with Crippen LogP contribution < -0.4 is 4.74 Å². The van der Waals surface area contributed by atoms with Crippen molar-refractivity contribution in [2.75, 3.05) is 13.2 Å². The molecule has 1 aromatic carbocycles. The van der Waals surface area contributed by atoms with Crippen LogP contribution in [0, 0.1) is 0 Å². The van der Waals surface area contributed by atoms with Gasteiger partial charge in [-0.1, -0.05) is 18.2 Å². The van der Waals surface area contributed by atoms with Gasteiger partial charge in [0.05, 0.1) is 13.2 Å². The van der Waals surface area contributed by atoms with E-state index in [1.54, 1.807) is 27.7 Å². The first kappa shape index (κ1) is 19.1. The zero-order valence-electron chi connectivity index (χ0n) is 15.4. The van der Waals surface area contributed by atoms with E-state index < -0.39 is 23.7 Å². The molecule has 2 atom stereocenters. The average Bonchev–Trinajstić information content (AvgIpc) is 2.54. The molecule has 0 aliphatic carbocycles. The van der Waals surface area contributed by atoms with E-state index >= 15 is 0 Å². The largest absolute Gasteiger partial charge is 0.489 e. The van der Waals surface area contributed by atoms with Crippen molar-refractivity contribution in [2.24, 2.45) is 0 Å². The highest BCUT2D eigenvalue weighted by Gasteiger charge is 2.39. The Morgan fingerprint density at radius 3 is 2.44 bits per heavy atom. The van der Waals surface area contributed by atoms with Crippen molar-refractivity contribution in [3.63, 3.8) is 0 Å². The molecule has 0 saturated carbocycles. The minimum absolute atomic E-state index is 0.194. The summed E-state index contributed by atoms with van der Waals surface area (Å²) in [4.78, 5) is 26.2. The first-order valence-corrected chi connectivity index (χ1v) is 8.68. The Hall–Kier alpha value is -2.24. The zero-order valence-corrected chi connectivity index (χ0v) is 15.4. The Morgan fingerprint density at radius 2 is 1.84 bits per heavy atom. The molecule has 2 rings (SSSR count). The number of hydrogen-bond acceptors (Lipinski definition) is 5. The minimum atomic E-state index is -0.635. The first-order valence-electron chi connectivity index (χ1n) is 8.68. The van der Waals surface area contributed by atoms with Gasteiger partial charge in [-0.15, -0.1) is 0 Å². The van der Waals surface area contributed by atoms with Gasteiger partial charge in [0.2, 0.25) is 0 Å². The third kappa shape index (κ3) is 5.66. The summed E-state index contributed by atoms with van der Waals surface area (Å²) in [5.74, 6) is 0.345. The lowest BCUT2D eigenvalue weighted by Gasteiger charge is -2.38. The van der Waals surface area contributed by atoms with Gasteiger partial charge in [0.15, 0.2) is 0 Å². The molecule has 138 valence electrons. The number of carbonyl (C=O) groups is 2. The maximum absolute atomic E-state index is 12.6. The second-order valence-electron chi connectivity index (χ2n) is 7.03. The van der Waals surface area contributed by atoms with Crippen LogP contribution in [0.3, 0.4) is 0 Å². The number of likely N-dealkylation sites (tertiary alicyclic amines) is 1. The van der Waals surface area contributed by atoms with E-state index in [0.717, 1.165) is 5.75 Å². The molecule has 1 heterocycles. The van der Waals surface area contributed by atoms with Gasteiger partial charge in [-0.2, -0.15) is 0 Å². The van der Waals surface area contributed by atoms with E-state index in [9.17, 15) is 9.59 Å². The summed E-state index contributed by atoms with van der Waals surface area (Å²) in [5, 5.41) is 0. The fourth-order valence-electron chi connectivity index (χ4n) is 2.73. The van der Waals surface area contributed by atoms with Crippen LogP contribution in [0.1, 0.15) is 40.5 Å². The number of para-hydroxylation sites is 1. The Kier molecular flexibility index (Phi) is 6.28. The highest BCUT2D eigenvalue weighted by molar-refractivity contribution is 5.81. The molecular weight excluding hydrogens is 322 g/mol. The molecule has 0 bridgehead atoms. The molecule has 6 heteroatoms. The van der Waals surface area contributed by atoms with Gasteiger partial charge < -0.3 is 14.2 Å². The molecule has 0 N–H and O–H groups in total. The van der Waals surface area contributed by atoms with Gasteiger partial charge in [-0.3, -0.25) is 4.90 Å². The van der Waals surface area contributed by atoms with E-state index in [2.05, 4.69) is 0 Å². The fraction of sp³-hybridized carbons (Fsp3) is 0.579. The Balaban J connectivity index is 2.11. The van der Waals surface area contributed by atoms with Crippen LogP contribution in [-0.2, 0) is 14.3 Å². The van der Waals surface area contributed by atoms with Gasteiger partial charge in [0, 0.05) is 0 Å². The van der Waals surface area contributed by atoms with Crippen molar-refractivity contribution < 1.29 is 23.8 Å². The number of rotatable bonds is 4. The lowest BCUT2D eigenvalue weighted by molar-refractivity contribution is -0.151. The van der Waals surface area contributed by atoms with Crippen molar-refractivity contribution in [2.45, 2.75) is 58.3 Å². The number of esters is 1. The Labute approximate surface area is 149 Å². The zero-order chi connectivity index (χ0) is 18.4. The number of piperidine rings is 1. The summed E-state index contributed by atoms with van der Waals surface area (Å²) < 4.78 is 16.5. The minimum Gasteiger partial charge on any atom is -0.489 e. The summed E-state index contributed by atoms with van der Waals surface area (Å²) in [7, 11) is 0. The van der Waals surface area contributed by atoms with Crippen LogP contribution >= 0.6 is 0 Å². The quantitative estimate of drug-likeness (QED) is 0.780. The van der Waals surface area contributed by atoms with Crippen LogP contribution in [0.15, 0.2) is 30.3 Å². The molecule has 1 saturated heterocycles. The van der Waals surface area contributed by atoms with E-state index in [-0.39, 0.29) is 19.3 Å². The molecule has 1 aromatic rings. The molecule has 6 nitrogen and oxygen atoms in total. The van der Waals surface area contributed by atoms with Crippen molar-refractivity contribution >= 4 is 12.1 Å². The molecule has 1 unspecified atom stereocenters. The van der Waals surface area contributed by atoms with Crippen LogP contribution in [0.2, 0.25) is 0 Å². The Morgan fingerprint density at radius 1 is 1.16 bits per heavy atom. The summed E-state index contributed by atoms with van der Waals surface area (Å²) in [6.45, 7) is 7.71. The Bertz CT molecular complexity index is 581. The summed E-state index contributed by atoms with van der Waals surface area (Å²) in [6.07, 6.45) is 0.431. The van der Waals surface area contributed by atoms with Crippen LogP contribution in [0.5, 0.6) is 5.75 Å². The molecule has 1 aliphatic rings. The van der Waals surface area contributed by atoms with Crippen LogP contribution in [-0.4, -0.2) is 47.9 Å². The maximum atomic E-state index is 12.6. The second-order valence-corrected chi connectivity index (χ2v) is 7.03. The fourth-order valence-corrected chi connectivity index (χ4v) is 2.73. The lowest BCUT2D eigenvalue weighted by Crippen LogP contribution is -2.55. The van der Waals surface area contributed by atoms with Crippen LogP contribution in [0.4, 0.5) is 4.79 Å². The van der Waals surface area contributed by atoms with E-state index in [1.165, 1.54) is 4.90 Å². The molecule has 1 fully saturated rings. The van der Waals surface area contributed by atoms with Crippen molar-refractivity contribution in [3.8, 4) is 5.75 Å². The monoisotopic (exact) mass is 349 g/mol. The van der Waals surface area contributed by atoms with Crippen LogP contribution in [0.25, 0.3) is 0 Å². The van der Waals surface area contributed by atoms with Gasteiger partial charge in [0.25, 0.3) is 0 Å². The molecule has 25 heavy (non-hydrogen) atoms. The number of hydrogen-bond donors (Lipinski definition) is 0. The number of benzene rings is 1. The van der Waals surface area contributed by atoms with E-state index in [1.807, 2.05) is 30.3 Å². The van der Waals surface area contributed by atoms with Gasteiger partial charge in [0.1, 0.15) is 23.5 Å². The lowest BCUT2D eigenvalue weighted by atomic mass is 10.0. The van der Waals surface area contributed by atoms with E-state index in [0.29, 0.717) is 12.8 Å². The van der Waals surface area contributed by atoms with Gasteiger partial charge in [-0.25, -0.2) is 9.59 Å². The third-order valence-corrected chi connectivity index (χ3v) is 3.77. The summed E-state index contributed by atoms with van der Waals surface area (Å²) >= 11 is 0. The smallest absolute Gasteiger partial charge is 0.411 e. The number of amides is 1. The maximum Gasteiger partial charge on any atom is 0.411 e. The topological polar surface area (TPSA) is 65.1 Å². The van der Waals surface area contributed by atoms with Crippen molar-refractivity contribution in [3.05, 3.63) is 30.3 Å². The average molecular weight is 349 g/mol. The van der Waals surface area contributed by atoms with Gasteiger partial charge in [-0.05, 0) is 52.7 Å². The summed E-state index contributed by atoms with van der Waals surface area (Å²) in [6, 6.07) is 8.81. The number of nitrogens with zero attached hydrogens (tertiary/aromatic N) is 1. The first-order chi connectivity index (χ1) is 11.8. The molecular formula is C19H27NO5. The predicted octanol–water partition coefficient (Wildman–Crippen LogP) is 3.40. The molecule has 1 amide bonds. The molecule has 0 radical (unpaired) electrons. The van der Waals surface area contributed by atoms with E-state index in [4.69, 9.17) is 14.2 Å². The number of carbonyl (C=O) groups excluding carboxylic acids is 2. The highest BCUT2D eigenvalue weighted by atomic mass is 16.6. The van der Waals surface area contributed by atoms with Gasteiger partial charge >= 0.3 is 12.1 Å². The SMILES string of the molecule is CCOC(=O)[C@@H]1CCC(Oc2ccccc2)CN1C(=O)OC(C)(C)C. The number of ether oxygens (including phenoxy) is 3. The third-order valence-electron chi connectivity index (χ3n) is 3.77. The molecule has 0 spiro atoms. The normalized spacial score (nSPS) is 20.7.